The standard InChI is InChI=1S/C23H25N3O6/c27-13-21-18(26-23(29)25-16-6-9-19-20(10-16)31-14-30-19)8-7-17(32-21)11-22(28)24-12-15-4-2-1-3-5-15/h1-10,17-18,21,27H,11-14H2,(H,24,28)(H2,25,26,29)/t17-,18+,21-/m0/s1. The lowest BCUT2D eigenvalue weighted by Crippen LogP contribution is -2.50. The first kappa shape index (κ1) is 21.7. The summed E-state index contributed by atoms with van der Waals surface area (Å²) in [5.74, 6) is 1.02. The van der Waals surface area contributed by atoms with Gasteiger partial charge in [0.1, 0.15) is 6.10 Å². The number of carbonyl (C=O) groups is 2. The van der Waals surface area contributed by atoms with Gasteiger partial charge in [-0.1, -0.05) is 42.5 Å². The minimum Gasteiger partial charge on any atom is -0.454 e. The molecular weight excluding hydrogens is 414 g/mol. The molecule has 0 spiro atoms. The molecule has 2 aromatic rings. The van der Waals surface area contributed by atoms with Crippen molar-refractivity contribution in [3.8, 4) is 11.5 Å². The summed E-state index contributed by atoms with van der Waals surface area (Å²) in [4.78, 5) is 24.6. The number of hydrogen-bond donors (Lipinski definition) is 4. The molecule has 9 nitrogen and oxygen atoms in total. The number of hydrogen-bond acceptors (Lipinski definition) is 6. The van der Waals surface area contributed by atoms with Gasteiger partial charge in [-0.05, 0) is 17.7 Å². The monoisotopic (exact) mass is 439 g/mol. The van der Waals surface area contributed by atoms with Crippen molar-refractivity contribution >= 4 is 17.6 Å². The molecule has 32 heavy (non-hydrogen) atoms. The molecule has 9 heteroatoms. The number of urea groups is 1. The highest BCUT2D eigenvalue weighted by Crippen LogP contribution is 2.34. The zero-order valence-electron chi connectivity index (χ0n) is 17.3. The molecule has 2 aliphatic rings. The smallest absolute Gasteiger partial charge is 0.319 e. The summed E-state index contributed by atoms with van der Waals surface area (Å²) >= 11 is 0. The Morgan fingerprint density at radius 2 is 1.84 bits per heavy atom. The van der Waals surface area contributed by atoms with Crippen LogP contribution in [0.3, 0.4) is 0 Å². The second kappa shape index (κ2) is 10.2. The molecule has 0 radical (unpaired) electrons. The molecule has 0 aliphatic carbocycles. The Bertz CT molecular complexity index is 981. The zero-order chi connectivity index (χ0) is 22.3. The number of rotatable bonds is 7. The Balaban J connectivity index is 1.27. The Morgan fingerprint density at radius 1 is 1.03 bits per heavy atom. The predicted octanol–water partition coefficient (Wildman–Crippen LogP) is 1.93. The van der Waals surface area contributed by atoms with E-state index < -0.39 is 24.3 Å². The van der Waals surface area contributed by atoms with Crippen LogP contribution in [-0.4, -0.2) is 48.7 Å². The topological polar surface area (TPSA) is 118 Å². The van der Waals surface area contributed by atoms with Gasteiger partial charge < -0.3 is 35.3 Å². The number of ether oxygens (including phenoxy) is 3. The van der Waals surface area contributed by atoms with Crippen molar-refractivity contribution in [2.45, 2.75) is 31.2 Å². The van der Waals surface area contributed by atoms with E-state index in [2.05, 4.69) is 16.0 Å². The summed E-state index contributed by atoms with van der Waals surface area (Å²) in [6, 6.07) is 13.7. The maximum atomic E-state index is 12.4. The first-order valence-electron chi connectivity index (χ1n) is 10.3. The van der Waals surface area contributed by atoms with E-state index in [9.17, 15) is 14.7 Å². The van der Waals surface area contributed by atoms with E-state index in [1.807, 2.05) is 30.3 Å². The maximum Gasteiger partial charge on any atom is 0.319 e. The highest BCUT2D eigenvalue weighted by Gasteiger charge is 2.29. The largest absolute Gasteiger partial charge is 0.454 e. The highest BCUT2D eigenvalue weighted by atomic mass is 16.7. The van der Waals surface area contributed by atoms with E-state index in [0.29, 0.717) is 23.7 Å². The third kappa shape index (κ3) is 5.57. The number of aliphatic hydroxyl groups is 1. The SMILES string of the molecule is O=C(C[C@@H]1C=C[C@@H](NC(=O)Nc2ccc3c(c2)OCO3)[C@H](CO)O1)NCc1ccccc1. The first-order chi connectivity index (χ1) is 15.6. The van der Waals surface area contributed by atoms with E-state index in [1.54, 1.807) is 30.4 Å². The number of nitrogens with one attached hydrogen (secondary N) is 3. The Morgan fingerprint density at radius 3 is 2.66 bits per heavy atom. The molecule has 0 saturated heterocycles. The van der Waals surface area contributed by atoms with Crippen molar-refractivity contribution in [2.75, 3.05) is 18.7 Å². The molecule has 0 aromatic heterocycles. The summed E-state index contributed by atoms with van der Waals surface area (Å²) in [5, 5.41) is 18.0. The van der Waals surface area contributed by atoms with Crippen LogP contribution in [-0.2, 0) is 16.1 Å². The fraction of sp³-hybridized carbons (Fsp3) is 0.304. The van der Waals surface area contributed by atoms with Crippen molar-refractivity contribution in [1.29, 1.82) is 0 Å². The predicted molar refractivity (Wildman–Crippen MR) is 116 cm³/mol. The minimum atomic E-state index is -0.672. The van der Waals surface area contributed by atoms with Crippen LogP contribution in [0.5, 0.6) is 11.5 Å². The van der Waals surface area contributed by atoms with Crippen LogP contribution in [0.2, 0.25) is 0 Å². The van der Waals surface area contributed by atoms with Crippen molar-refractivity contribution in [3.63, 3.8) is 0 Å². The Kier molecular flexibility index (Phi) is 6.88. The molecular formula is C23H25N3O6. The molecule has 4 N–H and O–H groups in total. The molecule has 0 fully saturated rings. The molecule has 0 saturated carbocycles. The maximum absolute atomic E-state index is 12.4. The molecule has 2 aromatic carbocycles. The van der Waals surface area contributed by atoms with E-state index in [1.165, 1.54) is 0 Å². The average Bonchev–Trinajstić information content (AvgIpc) is 3.27. The van der Waals surface area contributed by atoms with Crippen molar-refractivity contribution in [2.24, 2.45) is 0 Å². The van der Waals surface area contributed by atoms with Gasteiger partial charge in [0.15, 0.2) is 11.5 Å². The summed E-state index contributed by atoms with van der Waals surface area (Å²) in [6.45, 7) is 0.282. The van der Waals surface area contributed by atoms with Crippen LogP contribution in [0.1, 0.15) is 12.0 Å². The van der Waals surface area contributed by atoms with Crippen LogP contribution in [0.25, 0.3) is 0 Å². The zero-order valence-corrected chi connectivity index (χ0v) is 17.3. The van der Waals surface area contributed by atoms with E-state index in [4.69, 9.17) is 14.2 Å². The Hall–Kier alpha value is -3.56. The van der Waals surface area contributed by atoms with Gasteiger partial charge in [0.05, 0.1) is 25.2 Å². The van der Waals surface area contributed by atoms with Gasteiger partial charge in [0, 0.05) is 18.3 Å². The number of fused-ring (bicyclic) bond motifs is 1. The van der Waals surface area contributed by atoms with E-state index in [-0.39, 0.29) is 25.7 Å². The minimum absolute atomic E-state index is 0.121. The molecule has 0 bridgehead atoms. The molecule has 2 aliphatic heterocycles. The normalized spacial score (nSPS) is 21.1. The van der Waals surface area contributed by atoms with Crippen LogP contribution < -0.4 is 25.4 Å². The lowest BCUT2D eigenvalue weighted by atomic mass is 10.0. The van der Waals surface area contributed by atoms with Gasteiger partial charge >= 0.3 is 6.03 Å². The summed E-state index contributed by atoms with van der Waals surface area (Å²) in [5.41, 5.74) is 1.55. The van der Waals surface area contributed by atoms with E-state index >= 15 is 0 Å². The first-order valence-corrected chi connectivity index (χ1v) is 10.3. The number of amides is 3. The quantitative estimate of drug-likeness (QED) is 0.490. The fourth-order valence-electron chi connectivity index (χ4n) is 3.48. The number of aliphatic hydroxyl groups excluding tert-OH is 1. The van der Waals surface area contributed by atoms with Gasteiger partial charge in [-0.15, -0.1) is 0 Å². The highest BCUT2D eigenvalue weighted by molar-refractivity contribution is 5.90. The van der Waals surface area contributed by atoms with Gasteiger partial charge in [-0.2, -0.15) is 0 Å². The van der Waals surface area contributed by atoms with Crippen molar-refractivity contribution < 1.29 is 28.9 Å². The average molecular weight is 439 g/mol. The van der Waals surface area contributed by atoms with E-state index in [0.717, 1.165) is 5.56 Å². The van der Waals surface area contributed by atoms with Crippen LogP contribution in [0.4, 0.5) is 10.5 Å². The lowest BCUT2D eigenvalue weighted by molar-refractivity contribution is -0.125. The third-order valence-electron chi connectivity index (χ3n) is 5.11. The van der Waals surface area contributed by atoms with Gasteiger partial charge in [-0.25, -0.2) is 4.79 Å². The van der Waals surface area contributed by atoms with Crippen molar-refractivity contribution in [1.82, 2.24) is 10.6 Å². The van der Waals surface area contributed by atoms with Crippen molar-refractivity contribution in [3.05, 3.63) is 66.2 Å². The summed E-state index contributed by atoms with van der Waals surface area (Å²) < 4.78 is 16.4. The fourth-order valence-corrected chi connectivity index (χ4v) is 3.48. The molecule has 0 unspecified atom stereocenters. The molecule has 168 valence electrons. The summed E-state index contributed by atoms with van der Waals surface area (Å²) in [7, 11) is 0. The van der Waals surface area contributed by atoms with Gasteiger partial charge in [0.2, 0.25) is 12.7 Å². The third-order valence-corrected chi connectivity index (χ3v) is 5.11. The van der Waals surface area contributed by atoms with Gasteiger partial charge in [-0.3, -0.25) is 4.79 Å². The number of anilines is 1. The second-order valence-electron chi connectivity index (χ2n) is 7.44. The van der Waals surface area contributed by atoms with Crippen LogP contribution in [0.15, 0.2) is 60.7 Å². The Labute approximate surface area is 185 Å². The molecule has 2 heterocycles. The van der Waals surface area contributed by atoms with Crippen LogP contribution in [0, 0.1) is 0 Å². The van der Waals surface area contributed by atoms with Crippen LogP contribution >= 0.6 is 0 Å². The van der Waals surface area contributed by atoms with Gasteiger partial charge in [0.25, 0.3) is 0 Å². The second-order valence-corrected chi connectivity index (χ2v) is 7.44. The number of carbonyl (C=O) groups excluding carboxylic acids is 2. The molecule has 3 atom stereocenters. The lowest BCUT2D eigenvalue weighted by Gasteiger charge is -2.31. The molecule has 3 amide bonds. The summed E-state index contributed by atoms with van der Waals surface area (Å²) in [6.07, 6.45) is 2.42. The number of benzene rings is 2. The molecule has 4 rings (SSSR count).